The summed E-state index contributed by atoms with van der Waals surface area (Å²) in [6, 6.07) is 3.92. The van der Waals surface area contributed by atoms with Gasteiger partial charge in [0.25, 0.3) is 0 Å². The fourth-order valence-electron chi connectivity index (χ4n) is 1.66. The van der Waals surface area contributed by atoms with Crippen LogP contribution < -0.4 is 10.2 Å². The molecule has 0 spiro atoms. The maximum absolute atomic E-state index is 11.8. The quantitative estimate of drug-likeness (QED) is 0.816. The van der Waals surface area contributed by atoms with Crippen LogP contribution in [0.2, 0.25) is 0 Å². The molecule has 19 heavy (non-hydrogen) atoms. The third kappa shape index (κ3) is 4.77. The Morgan fingerprint density at radius 3 is 2.68 bits per heavy atom. The number of anilines is 2. The number of pyridine rings is 1. The Bertz CT molecular complexity index is 406. The van der Waals surface area contributed by atoms with Crippen molar-refractivity contribution in [3.8, 4) is 0 Å². The van der Waals surface area contributed by atoms with Gasteiger partial charge in [0.2, 0.25) is 5.91 Å². The molecule has 1 rings (SSSR count). The molecule has 1 amide bonds. The van der Waals surface area contributed by atoms with Crippen LogP contribution in [-0.2, 0) is 4.79 Å². The highest BCUT2D eigenvalue weighted by molar-refractivity contribution is 5.81. The number of likely N-dealkylation sites (N-methyl/N-ethyl adjacent to an activating group) is 2. The van der Waals surface area contributed by atoms with Gasteiger partial charge in [0.05, 0.1) is 6.54 Å². The van der Waals surface area contributed by atoms with Gasteiger partial charge in [0.15, 0.2) is 0 Å². The van der Waals surface area contributed by atoms with Gasteiger partial charge in [-0.25, -0.2) is 4.98 Å². The van der Waals surface area contributed by atoms with Crippen molar-refractivity contribution in [2.24, 2.45) is 0 Å². The average Bonchev–Trinajstić information content (AvgIpc) is 2.42. The van der Waals surface area contributed by atoms with E-state index in [0.717, 1.165) is 31.0 Å². The van der Waals surface area contributed by atoms with E-state index in [4.69, 9.17) is 0 Å². The van der Waals surface area contributed by atoms with Crippen molar-refractivity contribution in [2.45, 2.75) is 20.3 Å². The molecule has 5 heteroatoms. The second-order valence-electron chi connectivity index (χ2n) is 4.63. The zero-order valence-electron chi connectivity index (χ0n) is 12.3. The fourth-order valence-corrected chi connectivity index (χ4v) is 1.66. The first-order chi connectivity index (χ1) is 9.08. The lowest BCUT2D eigenvalue weighted by molar-refractivity contribution is -0.127. The van der Waals surface area contributed by atoms with Gasteiger partial charge < -0.3 is 15.1 Å². The molecular formula is C14H24N4O. The maximum atomic E-state index is 11.8. The van der Waals surface area contributed by atoms with E-state index in [1.807, 2.05) is 24.0 Å². The summed E-state index contributed by atoms with van der Waals surface area (Å²) in [6.45, 7) is 6.24. The number of carbonyl (C=O) groups excluding carboxylic acids is 1. The predicted octanol–water partition coefficient (Wildman–Crippen LogP) is 1.82. The molecule has 0 bridgehead atoms. The van der Waals surface area contributed by atoms with Crippen LogP contribution in [0.3, 0.4) is 0 Å². The van der Waals surface area contributed by atoms with E-state index >= 15 is 0 Å². The van der Waals surface area contributed by atoms with E-state index in [9.17, 15) is 4.79 Å². The molecule has 0 saturated heterocycles. The first-order valence-corrected chi connectivity index (χ1v) is 6.73. The summed E-state index contributed by atoms with van der Waals surface area (Å²) >= 11 is 0. The van der Waals surface area contributed by atoms with Crippen LogP contribution in [0.4, 0.5) is 11.5 Å². The van der Waals surface area contributed by atoms with Crippen molar-refractivity contribution in [1.29, 1.82) is 0 Å². The smallest absolute Gasteiger partial charge is 0.241 e. The number of amides is 1. The number of nitrogens with one attached hydrogen (secondary N) is 1. The molecule has 0 saturated carbocycles. The monoisotopic (exact) mass is 264 g/mol. The first-order valence-electron chi connectivity index (χ1n) is 6.73. The van der Waals surface area contributed by atoms with E-state index in [-0.39, 0.29) is 5.91 Å². The van der Waals surface area contributed by atoms with Crippen LogP contribution in [0.15, 0.2) is 18.3 Å². The minimum absolute atomic E-state index is 0.0988. The van der Waals surface area contributed by atoms with Crippen molar-refractivity contribution in [1.82, 2.24) is 9.88 Å². The molecule has 0 fully saturated rings. The van der Waals surface area contributed by atoms with Crippen LogP contribution in [0.25, 0.3) is 0 Å². The summed E-state index contributed by atoms with van der Waals surface area (Å²) in [5, 5.41) is 3.26. The first kappa shape index (κ1) is 15.3. The Labute approximate surface area is 115 Å². The van der Waals surface area contributed by atoms with Gasteiger partial charge in [-0.05, 0) is 19.4 Å². The maximum Gasteiger partial charge on any atom is 0.241 e. The van der Waals surface area contributed by atoms with Crippen molar-refractivity contribution in [3.05, 3.63) is 18.3 Å². The van der Waals surface area contributed by atoms with E-state index in [2.05, 4.69) is 17.2 Å². The van der Waals surface area contributed by atoms with Crippen LogP contribution in [0, 0.1) is 0 Å². The number of hydrogen-bond acceptors (Lipinski definition) is 4. The lowest BCUT2D eigenvalue weighted by atomic mass is 10.3. The van der Waals surface area contributed by atoms with Gasteiger partial charge in [0.1, 0.15) is 5.82 Å². The van der Waals surface area contributed by atoms with E-state index in [0.29, 0.717) is 6.54 Å². The van der Waals surface area contributed by atoms with Gasteiger partial charge in [0, 0.05) is 45.1 Å². The molecule has 1 heterocycles. The van der Waals surface area contributed by atoms with E-state index < -0.39 is 0 Å². The number of hydrogen-bond donors (Lipinski definition) is 1. The molecule has 5 nitrogen and oxygen atoms in total. The Balaban J connectivity index is 2.77. The van der Waals surface area contributed by atoms with Gasteiger partial charge in [-0.1, -0.05) is 6.92 Å². The van der Waals surface area contributed by atoms with Crippen molar-refractivity contribution in [2.75, 3.05) is 43.9 Å². The van der Waals surface area contributed by atoms with E-state index in [1.54, 1.807) is 25.2 Å². The van der Waals surface area contributed by atoms with E-state index in [1.165, 1.54) is 0 Å². The molecule has 0 radical (unpaired) electrons. The number of nitrogens with zero attached hydrogens (tertiary/aromatic N) is 3. The molecule has 1 aromatic rings. The minimum atomic E-state index is 0.0988. The predicted molar refractivity (Wildman–Crippen MR) is 79.6 cm³/mol. The van der Waals surface area contributed by atoms with Crippen molar-refractivity contribution >= 4 is 17.4 Å². The Hall–Kier alpha value is -1.78. The zero-order valence-corrected chi connectivity index (χ0v) is 12.3. The minimum Gasteiger partial charge on any atom is -0.370 e. The summed E-state index contributed by atoms with van der Waals surface area (Å²) in [4.78, 5) is 19.7. The Kier molecular flexibility index (Phi) is 6.12. The summed E-state index contributed by atoms with van der Waals surface area (Å²) in [5.41, 5.74) is 1.02. The summed E-state index contributed by atoms with van der Waals surface area (Å²) in [7, 11) is 3.55. The molecule has 1 N–H and O–H groups in total. The second kappa shape index (κ2) is 7.61. The molecule has 0 unspecified atom stereocenters. The lowest BCUT2D eigenvalue weighted by Gasteiger charge is -2.24. The summed E-state index contributed by atoms with van der Waals surface area (Å²) in [6.07, 6.45) is 2.83. The standard InChI is InChI=1S/C14H24N4O/c1-5-8-15-13-10-12(7-9-16-13)18(6-2)11-14(19)17(3)4/h7,9-10H,5-6,8,11H2,1-4H3,(H,15,16). The lowest BCUT2D eigenvalue weighted by Crippen LogP contribution is -2.36. The third-order valence-electron chi connectivity index (χ3n) is 2.87. The molecular weight excluding hydrogens is 240 g/mol. The van der Waals surface area contributed by atoms with Crippen LogP contribution >= 0.6 is 0 Å². The molecule has 1 aromatic heterocycles. The fraction of sp³-hybridized carbons (Fsp3) is 0.571. The Morgan fingerprint density at radius 2 is 2.11 bits per heavy atom. The van der Waals surface area contributed by atoms with Crippen LogP contribution in [0.5, 0.6) is 0 Å². The molecule has 0 aromatic carbocycles. The number of rotatable bonds is 7. The molecule has 0 aliphatic heterocycles. The molecule has 0 aliphatic carbocycles. The average molecular weight is 264 g/mol. The van der Waals surface area contributed by atoms with Crippen LogP contribution in [-0.4, -0.2) is 49.5 Å². The van der Waals surface area contributed by atoms with Crippen LogP contribution in [0.1, 0.15) is 20.3 Å². The third-order valence-corrected chi connectivity index (χ3v) is 2.87. The largest absolute Gasteiger partial charge is 0.370 e. The molecule has 106 valence electrons. The van der Waals surface area contributed by atoms with Gasteiger partial charge in [-0.2, -0.15) is 0 Å². The highest BCUT2D eigenvalue weighted by atomic mass is 16.2. The highest BCUT2D eigenvalue weighted by Gasteiger charge is 2.12. The Morgan fingerprint density at radius 1 is 1.37 bits per heavy atom. The normalized spacial score (nSPS) is 10.1. The summed E-state index contributed by atoms with van der Waals surface area (Å²) in [5.74, 6) is 0.955. The van der Waals surface area contributed by atoms with Gasteiger partial charge in [-0.3, -0.25) is 4.79 Å². The topological polar surface area (TPSA) is 48.5 Å². The van der Waals surface area contributed by atoms with Crippen molar-refractivity contribution in [3.63, 3.8) is 0 Å². The second-order valence-corrected chi connectivity index (χ2v) is 4.63. The zero-order chi connectivity index (χ0) is 14.3. The molecule has 0 aliphatic rings. The number of carbonyl (C=O) groups is 1. The van der Waals surface area contributed by atoms with Crippen molar-refractivity contribution < 1.29 is 4.79 Å². The van der Waals surface area contributed by atoms with Gasteiger partial charge in [-0.15, -0.1) is 0 Å². The van der Waals surface area contributed by atoms with Gasteiger partial charge >= 0.3 is 0 Å². The number of aromatic nitrogens is 1. The highest BCUT2D eigenvalue weighted by Crippen LogP contribution is 2.17. The molecule has 0 atom stereocenters. The summed E-state index contributed by atoms with van der Waals surface area (Å²) < 4.78 is 0. The SMILES string of the molecule is CCCNc1cc(N(CC)CC(=O)N(C)C)ccn1.